The second-order valence-corrected chi connectivity index (χ2v) is 10.9. The van der Waals surface area contributed by atoms with Gasteiger partial charge in [-0.1, -0.05) is 68.1 Å². The van der Waals surface area contributed by atoms with E-state index in [0.717, 1.165) is 30.6 Å². The Morgan fingerprint density at radius 3 is 2.44 bits per heavy atom. The molecule has 0 radical (unpaired) electrons. The maximum Gasteiger partial charge on any atom is 0.291 e. The molecule has 2 amide bonds. The van der Waals surface area contributed by atoms with E-state index in [4.69, 9.17) is 39.4 Å². The van der Waals surface area contributed by atoms with Crippen molar-refractivity contribution in [3.8, 4) is 11.4 Å². The third-order valence-corrected chi connectivity index (χ3v) is 6.98. The number of ether oxygens (including phenoxy) is 1. The molecule has 13 heteroatoms. The van der Waals surface area contributed by atoms with Crippen molar-refractivity contribution in [1.82, 2.24) is 25.4 Å². The molecule has 2 atom stereocenters. The highest BCUT2D eigenvalue weighted by atomic mass is 35.5. The molecule has 43 heavy (non-hydrogen) atoms. The molecule has 3 aromatic rings. The van der Waals surface area contributed by atoms with Gasteiger partial charge >= 0.3 is 0 Å². The summed E-state index contributed by atoms with van der Waals surface area (Å²) in [7, 11) is 0. The van der Waals surface area contributed by atoms with E-state index < -0.39 is 11.9 Å². The number of guanidine groups is 1. The number of hydrogen-bond donors (Lipinski definition) is 4. The smallest absolute Gasteiger partial charge is 0.291 e. The van der Waals surface area contributed by atoms with Gasteiger partial charge in [-0.05, 0) is 56.4 Å². The number of aromatic nitrogens is 3. The van der Waals surface area contributed by atoms with E-state index in [-0.39, 0.29) is 23.7 Å². The second-order valence-electron chi connectivity index (χ2n) is 10.1. The van der Waals surface area contributed by atoms with E-state index in [1.807, 2.05) is 31.2 Å². The zero-order valence-electron chi connectivity index (χ0n) is 24.6. The van der Waals surface area contributed by atoms with E-state index in [1.165, 1.54) is 11.0 Å². The number of nitrogens with one attached hydrogen (secondary N) is 2. The minimum Gasteiger partial charge on any atom is -0.493 e. The Bertz CT molecular complexity index is 1360. The first-order valence-electron chi connectivity index (χ1n) is 14.5. The lowest BCUT2D eigenvalue weighted by atomic mass is 9.99. The predicted molar refractivity (Wildman–Crippen MR) is 170 cm³/mol. The number of nitrogens with two attached hydrogens (primary N) is 2. The Morgan fingerprint density at radius 1 is 1.00 bits per heavy atom. The average molecular weight is 632 g/mol. The first-order chi connectivity index (χ1) is 20.7. The van der Waals surface area contributed by atoms with Crippen molar-refractivity contribution < 1.29 is 14.3 Å². The number of para-hydroxylation sites is 1. The van der Waals surface area contributed by atoms with Crippen molar-refractivity contribution in [2.24, 2.45) is 16.5 Å². The number of hydrogen-bond acceptors (Lipinski definition) is 6. The summed E-state index contributed by atoms with van der Waals surface area (Å²) in [4.78, 5) is 35.2. The molecular formula is C30H40Cl2N8O3. The topological polar surface area (TPSA) is 163 Å². The summed E-state index contributed by atoms with van der Waals surface area (Å²) in [5, 5.41) is 11.1. The van der Waals surface area contributed by atoms with Gasteiger partial charge in [0.25, 0.3) is 5.91 Å². The van der Waals surface area contributed by atoms with E-state index in [0.29, 0.717) is 54.6 Å². The average Bonchev–Trinajstić information content (AvgIpc) is 3.48. The van der Waals surface area contributed by atoms with Gasteiger partial charge in [-0.2, -0.15) is 0 Å². The number of halogens is 2. The van der Waals surface area contributed by atoms with Crippen LogP contribution >= 0.6 is 23.2 Å². The Hall–Kier alpha value is -3.83. The van der Waals surface area contributed by atoms with Gasteiger partial charge in [0, 0.05) is 22.2 Å². The standard InChI is InChI=1S/C30H40Cl2N8O3/c1-3-5-11-24(23-10-6-7-13-26(23)43-15-4-2)37-28(41)25(12-8-9-14-35-30(33)34)38-29(42)27-36-19-40(39-27)22-17-20(31)16-21(32)18-22/h6-7,10,13,16-19,24-25H,3-5,8-9,11-12,14-15H2,1-2H3,(H,37,41)(H,38,42)(H4,33,34,35). The monoisotopic (exact) mass is 630 g/mol. The molecule has 232 valence electrons. The van der Waals surface area contributed by atoms with Crippen LogP contribution in [0.4, 0.5) is 0 Å². The maximum atomic E-state index is 13.7. The van der Waals surface area contributed by atoms with Gasteiger partial charge in [-0.25, -0.2) is 9.67 Å². The molecule has 0 aliphatic rings. The number of rotatable bonds is 17. The summed E-state index contributed by atoms with van der Waals surface area (Å²) in [5.74, 6) is -0.265. The van der Waals surface area contributed by atoms with Crippen LogP contribution in [0.2, 0.25) is 10.0 Å². The molecule has 0 aliphatic carbocycles. The molecule has 2 unspecified atom stereocenters. The van der Waals surface area contributed by atoms with Crippen LogP contribution in [-0.4, -0.2) is 51.7 Å². The lowest BCUT2D eigenvalue weighted by Gasteiger charge is -2.25. The summed E-state index contributed by atoms with van der Waals surface area (Å²) in [6, 6.07) is 11.5. The fraction of sp³-hybridized carbons (Fsp3) is 0.433. The maximum absolute atomic E-state index is 13.7. The molecule has 3 rings (SSSR count). The van der Waals surface area contributed by atoms with E-state index in [9.17, 15) is 9.59 Å². The van der Waals surface area contributed by atoms with Crippen molar-refractivity contribution in [1.29, 1.82) is 0 Å². The van der Waals surface area contributed by atoms with Gasteiger partial charge in [-0.15, -0.1) is 5.10 Å². The largest absolute Gasteiger partial charge is 0.493 e. The van der Waals surface area contributed by atoms with Crippen LogP contribution in [0.5, 0.6) is 5.75 Å². The van der Waals surface area contributed by atoms with Crippen LogP contribution in [0.15, 0.2) is 53.8 Å². The van der Waals surface area contributed by atoms with E-state index in [1.54, 1.807) is 18.2 Å². The molecule has 6 N–H and O–H groups in total. The van der Waals surface area contributed by atoms with Crippen LogP contribution in [-0.2, 0) is 4.79 Å². The molecule has 1 heterocycles. The first kappa shape index (κ1) is 33.7. The lowest BCUT2D eigenvalue weighted by molar-refractivity contribution is -0.124. The summed E-state index contributed by atoms with van der Waals surface area (Å²) < 4.78 is 7.38. The molecule has 0 aliphatic heterocycles. The van der Waals surface area contributed by atoms with Gasteiger partial charge < -0.3 is 26.8 Å². The minimum atomic E-state index is -0.855. The number of nitrogens with zero attached hydrogens (tertiary/aromatic N) is 4. The summed E-state index contributed by atoms with van der Waals surface area (Å²) in [6.07, 6.45) is 6.40. The molecule has 0 saturated heterocycles. The number of benzene rings is 2. The Kier molecular flexibility index (Phi) is 13.6. The second kappa shape index (κ2) is 17.3. The van der Waals surface area contributed by atoms with Crippen LogP contribution < -0.4 is 26.8 Å². The molecule has 0 fully saturated rings. The zero-order valence-corrected chi connectivity index (χ0v) is 26.1. The number of carbonyl (C=O) groups is 2. The molecule has 0 saturated carbocycles. The van der Waals surface area contributed by atoms with Crippen molar-refractivity contribution >= 4 is 41.0 Å². The van der Waals surface area contributed by atoms with Crippen molar-refractivity contribution in [3.05, 3.63) is 70.2 Å². The summed E-state index contributed by atoms with van der Waals surface area (Å²) in [5.41, 5.74) is 12.3. The number of aliphatic imine (C=N–C) groups is 1. The summed E-state index contributed by atoms with van der Waals surface area (Å²) >= 11 is 12.2. The fourth-order valence-electron chi connectivity index (χ4n) is 4.42. The summed E-state index contributed by atoms with van der Waals surface area (Å²) in [6.45, 7) is 5.13. The third kappa shape index (κ3) is 10.7. The third-order valence-electron chi connectivity index (χ3n) is 6.54. The van der Waals surface area contributed by atoms with Crippen molar-refractivity contribution in [3.63, 3.8) is 0 Å². The normalized spacial score (nSPS) is 12.3. The SMILES string of the molecule is CCCCC(NC(=O)C(CCCCN=C(N)N)NC(=O)c1ncn(-c2cc(Cl)cc(Cl)c2)n1)c1ccccc1OCCC. The Labute approximate surface area is 262 Å². The number of carbonyl (C=O) groups excluding carboxylic acids is 2. The van der Waals surface area contributed by atoms with E-state index >= 15 is 0 Å². The fourth-order valence-corrected chi connectivity index (χ4v) is 4.94. The van der Waals surface area contributed by atoms with Crippen LogP contribution in [0, 0.1) is 0 Å². The molecular weight excluding hydrogens is 591 g/mol. The van der Waals surface area contributed by atoms with Gasteiger partial charge in [0.1, 0.15) is 18.1 Å². The van der Waals surface area contributed by atoms with Crippen molar-refractivity contribution in [2.45, 2.75) is 70.9 Å². The highest BCUT2D eigenvalue weighted by molar-refractivity contribution is 6.34. The van der Waals surface area contributed by atoms with Crippen LogP contribution in [0.3, 0.4) is 0 Å². The molecule has 1 aromatic heterocycles. The highest BCUT2D eigenvalue weighted by Gasteiger charge is 2.27. The molecule has 0 spiro atoms. The number of amides is 2. The van der Waals surface area contributed by atoms with Gasteiger partial charge in [0.15, 0.2) is 5.96 Å². The minimum absolute atomic E-state index is 0.00738. The molecule has 0 bridgehead atoms. The molecule has 2 aromatic carbocycles. The van der Waals surface area contributed by atoms with E-state index in [2.05, 4.69) is 32.6 Å². The molecule has 11 nitrogen and oxygen atoms in total. The first-order valence-corrected chi connectivity index (χ1v) is 15.2. The highest BCUT2D eigenvalue weighted by Crippen LogP contribution is 2.29. The van der Waals surface area contributed by atoms with Gasteiger partial charge in [-0.3, -0.25) is 14.6 Å². The predicted octanol–water partition coefficient (Wildman–Crippen LogP) is 4.95. The number of unbranched alkanes of at least 4 members (excludes halogenated alkanes) is 2. The Balaban J connectivity index is 1.80. The van der Waals surface area contributed by atoms with Crippen LogP contribution in [0.25, 0.3) is 5.69 Å². The lowest BCUT2D eigenvalue weighted by Crippen LogP contribution is -2.48. The quantitative estimate of drug-likeness (QED) is 0.0931. The van der Waals surface area contributed by atoms with Gasteiger partial charge in [0.2, 0.25) is 11.7 Å². The van der Waals surface area contributed by atoms with Crippen LogP contribution in [0.1, 0.15) is 81.0 Å². The van der Waals surface area contributed by atoms with Crippen molar-refractivity contribution in [2.75, 3.05) is 13.2 Å². The zero-order chi connectivity index (χ0) is 31.2. The van der Waals surface area contributed by atoms with Gasteiger partial charge in [0.05, 0.1) is 18.3 Å². The Morgan fingerprint density at radius 2 is 1.74 bits per heavy atom.